The van der Waals surface area contributed by atoms with E-state index in [1.807, 2.05) is 4.90 Å². The first-order valence-corrected chi connectivity index (χ1v) is 9.95. The molecule has 1 aliphatic heterocycles. The van der Waals surface area contributed by atoms with E-state index in [0.29, 0.717) is 31.6 Å². The second-order valence-electron chi connectivity index (χ2n) is 7.58. The summed E-state index contributed by atoms with van der Waals surface area (Å²) in [5.74, 6) is -0.894. The van der Waals surface area contributed by atoms with Crippen molar-refractivity contribution in [1.82, 2.24) is 5.32 Å². The Bertz CT molecular complexity index is 724. The molecule has 8 heteroatoms. The number of hydrogen-bond acceptors (Lipinski definition) is 6. The zero-order chi connectivity index (χ0) is 20.1. The molecule has 8 nitrogen and oxygen atoms in total. The Hall–Kier alpha value is -2.64. The predicted molar refractivity (Wildman–Crippen MR) is 104 cm³/mol. The summed E-state index contributed by atoms with van der Waals surface area (Å²) in [7, 11) is 0. The highest BCUT2D eigenvalue weighted by atomic mass is 16.6. The van der Waals surface area contributed by atoms with Crippen molar-refractivity contribution in [3.8, 4) is 0 Å². The first-order chi connectivity index (χ1) is 13.5. The number of amides is 1. The van der Waals surface area contributed by atoms with Crippen molar-refractivity contribution in [2.75, 3.05) is 18.0 Å². The van der Waals surface area contributed by atoms with Gasteiger partial charge in [-0.15, -0.1) is 0 Å². The Kier molecular flexibility index (Phi) is 6.49. The Morgan fingerprint density at radius 3 is 2.46 bits per heavy atom. The monoisotopic (exact) mass is 389 g/mol. The molecule has 1 aromatic rings. The molecule has 1 amide bonds. The minimum Gasteiger partial charge on any atom is -0.452 e. The molecule has 28 heavy (non-hydrogen) atoms. The maximum absolute atomic E-state index is 12.4. The van der Waals surface area contributed by atoms with E-state index in [1.54, 1.807) is 25.1 Å². The Morgan fingerprint density at radius 1 is 1.18 bits per heavy atom. The second kappa shape index (κ2) is 9.03. The molecular formula is C20H27N3O5. The van der Waals surface area contributed by atoms with Gasteiger partial charge in [-0.2, -0.15) is 0 Å². The van der Waals surface area contributed by atoms with Gasteiger partial charge < -0.3 is 15.0 Å². The average Bonchev–Trinajstić information content (AvgIpc) is 3.21. The highest BCUT2D eigenvalue weighted by Gasteiger charge is 2.31. The van der Waals surface area contributed by atoms with Crippen molar-refractivity contribution in [1.29, 1.82) is 0 Å². The van der Waals surface area contributed by atoms with Crippen molar-refractivity contribution in [2.45, 2.75) is 57.6 Å². The summed E-state index contributed by atoms with van der Waals surface area (Å²) in [6.45, 7) is 2.67. The van der Waals surface area contributed by atoms with Crippen LogP contribution < -0.4 is 10.2 Å². The van der Waals surface area contributed by atoms with Crippen LogP contribution in [0, 0.1) is 16.0 Å². The van der Waals surface area contributed by atoms with Gasteiger partial charge in [-0.1, -0.05) is 25.0 Å². The molecule has 1 atom stereocenters. The molecule has 1 heterocycles. The summed E-state index contributed by atoms with van der Waals surface area (Å²) >= 11 is 0. The third kappa shape index (κ3) is 4.79. The lowest BCUT2D eigenvalue weighted by Crippen LogP contribution is -2.43. The van der Waals surface area contributed by atoms with Crippen molar-refractivity contribution < 1.29 is 19.2 Å². The van der Waals surface area contributed by atoms with Crippen LogP contribution in [0.3, 0.4) is 0 Å². The van der Waals surface area contributed by atoms with Crippen LogP contribution in [0.1, 0.15) is 45.4 Å². The van der Waals surface area contributed by atoms with Gasteiger partial charge in [0.05, 0.1) is 10.8 Å². The fourth-order valence-electron chi connectivity index (χ4n) is 3.95. The van der Waals surface area contributed by atoms with E-state index in [2.05, 4.69) is 5.32 Å². The molecule has 1 aromatic carbocycles. The average molecular weight is 389 g/mol. The van der Waals surface area contributed by atoms with Crippen LogP contribution in [0.15, 0.2) is 24.3 Å². The molecule has 1 saturated heterocycles. The standard InChI is InChI=1S/C20H27N3O5/c1-14(19(24)21-16-6-2-3-7-16)28-20(25)15-10-12-22(13-11-15)17-8-4-5-9-18(17)23(26)27/h4-5,8-9,14-16H,2-3,6-7,10-13H2,1H3,(H,21,24)/t14-/m0/s1. The number of rotatable bonds is 6. The molecule has 0 radical (unpaired) electrons. The molecule has 1 saturated carbocycles. The number of ether oxygens (including phenoxy) is 1. The molecule has 2 fully saturated rings. The number of hydrogen-bond donors (Lipinski definition) is 1. The molecule has 0 aromatic heterocycles. The Labute approximate surface area is 164 Å². The number of nitro benzene ring substituents is 1. The van der Waals surface area contributed by atoms with Crippen LogP contribution in [0.25, 0.3) is 0 Å². The molecule has 0 spiro atoms. The normalized spacial score (nSPS) is 19.2. The van der Waals surface area contributed by atoms with Crippen LogP contribution in [0.5, 0.6) is 0 Å². The number of anilines is 1. The summed E-state index contributed by atoms with van der Waals surface area (Å²) in [5.41, 5.74) is 0.643. The predicted octanol–water partition coefficient (Wildman–Crippen LogP) is 2.80. The molecule has 152 valence electrons. The van der Waals surface area contributed by atoms with Gasteiger partial charge in [-0.05, 0) is 38.7 Å². The van der Waals surface area contributed by atoms with E-state index in [0.717, 1.165) is 25.7 Å². The highest BCUT2D eigenvalue weighted by Crippen LogP contribution is 2.31. The summed E-state index contributed by atoms with van der Waals surface area (Å²) in [6.07, 6.45) is 4.49. The first kappa shape index (κ1) is 20.1. The number of nitro groups is 1. The Balaban J connectivity index is 1.49. The van der Waals surface area contributed by atoms with E-state index in [-0.39, 0.29) is 34.4 Å². The molecule has 1 N–H and O–H groups in total. The lowest BCUT2D eigenvalue weighted by atomic mass is 9.96. The maximum atomic E-state index is 12.4. The Morgan fingerprint density at radius 2 is 1.82 bits per heavy atom. The van der Waals surface area contributed by atoms with Crippen LogP contribution in [-0.2, 0) is 14.3 Å². The van der Waals surface area contributed by atoms with E-state index in [1.165, 1.54) is 6.07 Å². The number of carbonyl (C=O) groups is 2. The quantitative estimate of drug-likeness (QED) is 0.456. The molecule has 1 aliphatic carbocycles. The number of esters is 1. The van der Waals surface area contributed by atoms with Gasteiger partial charge in [0.1, 0.15) is 5.69 Å². The third-order valence-electron chi connectivity index (χ3n) is 5.61. The van der Waals surface area contributed by atoms with Gasteiger partial charge in [-0.3, -0.25) is 19.7 Å². The first-order valence-electron chi connectivity index (χ1n) is 9.95. The van der Waals surface area contributed by atoms with Gasteiger partial charge >= 0.3 is 5.97 Å². The zero-order valence-corrected chi connectivity index (χ0v) is 16.1. The summed E-state index contributed by atoms with van der Waals surface area (Å²) in [6, 6.07) is 6.82. The van der Waals surface area contributed by atoms with Gasteiger partial charge in [0.2, 0.25) is 0 Å². The molecule has 3 rings (SSSR count). The molecule has 0 unspecified atom stereocenters. The fraction of sp³-hybridized carbons (Fsp3) is 0.600. The van der Waals surface area contributed by atoms with Gasteiger partial charge in [0.25, 0.3) is 11.6 Å². The van der Waals surface area contributed by atoms with Crippen LogP contribution in [0.2, 0.25) is 0 Å². The number of para-hydroxylation sites is 2. The van der Waals surface area contributed by atoms with Crippen molar-refractivity contribution in [3.63, 3.8) is 0 Å². The lowest BCUT2D eigenvalue weighted by Gasteiger charge is -2.32. The highest BCUT2D eigenvalue weighted by molar-refractivity contribution is 5.84. The summed E-state index contributed by atoms with van der Waals surface area (Å²) < 4.78 is 5.39. The molecule has 0 bridgehead atoms. The SMILES string of the molecule is C[C@H](OC(=O)C1CCN(c2ccccc2[N+](=O)[O-])CC1)C(=O)NC1CCCC1. The van der Waals surface area contributed by atoms with Crippen LogP contribution in [0.4, 0.5) is 11.4 Å². The van der Waals surface area contributed by atoms with Gasteiger partial charge in [0, 0.05) is 25.2 Å². The molecule has 2 aliphatic rings. The van der Waals surface area contributed by atoms with E-state index >= 15 is 0 Å². The molecular weight excluding hydrogens is 362 g/mol. The minimum atomic E-state index is -0.804. The van der Waals surface area contributed by atoms with E-state index < -0.39 is 6.10 Å². The number of piperidine rings is 1. The third-order valence-corrected chi connectivity index (χ3v) is 5.61. The summed E-state index contributed by atoms with van der Waals surface area (Å²) in [4.78, 5) is 37.4. The van der Waals surface area contributed by atoms with Crippen molar-refractivity contribution >= 4 is 23.3 Å². The zero-order valence-electron chi connectivity index (χ0n) is 16.1. The second-order valence-corrected chi connectivity index (χ2v) is 7.58. The lowest BCUT2D eigenvalue weighted by molar-refractivity contribution is -0.384. The van der Waals surface area contributed by atoms with Gasteiger partial charge in [-0.25, -0.2) is 0 Å². The van der Waals surface area contributed by atoms with Crippen molar-refractivity contribution in [2.24, 2.45) is 5.92 Å². The van der Waals surface area contributed by atoms with Crippen LogP contribution >= 0.6 is 0 Å². The topological polar surface area (TPSA) is 102 Å². The number of benzene rings is 1. The van der Waals surface area contributed by atoms with E-state index in [4.69, 9.17) is 4.74 Å². The van der Waals surface area contributed by atoms with Crippen LogP contribution in [-0.4, -0.2) is 42.0 Å². The number of nitrogens with one attached hydrogen (secondary N) is 1. The van der Waals surface area contributed by atoms with Gasteiger partial charge in [0.15, 0.2) is 6.10 Å². The smallest absolute Gasteiger partial charge is 0.309 e. The maximum Gasteiger partial charge on any atom is 0.309 e. The largest absolute Gasteiger partial charge is 0.452 e. The van der Waals surface area contributed by atoms with Crippen molar-refractivity contribution in [3.05, 3.63) is 34.4 Å². The summed E-state index contributed by atoms with van der Waals surface area (Å²) in [5, 5.41) is 14.2. The fourth-order valence-corrected chi connectivity index (χ4v) is 3.95. The number of carbonyl (C=O) groups excluding carboxylic acids is 2. The van der Waals surface area contributed by atoms with E-state index in [9.17, 15) is 19.7 Å². The minimum absolute atomic E-state index is 0.0701. The number of nitrogens with zero attached hydrogens (tertiary/aromatic N) is 2.